The summed E-state index contributed by atoms with van der Waals surface area (Å²) in [7, 11) is 0. The third-order valence-corrected chi connectivity index (χ3v) is 5.86. The average Bonchev–Trinajstić information content (AvgIpc) is 3.42. The largest absolute Gasteiger partial charge is 0.376 e. The lowest BCUT2D eigenvalue weighted by Gasteiger charge is -2.30. The highest BCUT2D eigenvalue weighted by Crippen LogP contribution is 2.27. The predicted molar refractivity (Wildman–Crippen MR) is 93.4 cm³/mol. The molecule has 3 heterocycles. The van der Waals surface area contributed by atoms with Gasteiger partial charge in [-0.25, -0.2) is 4.68 Å². The van der Waals surface area contributed by atoms with E-state index in [9.17, 15) is 4.79 Å². The fourth-order valence-corrected chi connectivity index (χ4v) is 4.39. The van der Waals surface area contributed by atoms with Crippen LogP contribution in [-0.4, -0.2) is 64.2 Å². The molecule has 3 fully saturated rings. The Morgan fingerprint density at radius 2 is 2.00 bits per heavy atom. The van der Waals surface area contributed by atoms with E-state index in [1.165, 1.54) is 12.8 Å². The van der Waals surface area contributed by atoms with Crippen molar-refractivity contribution in [1.29, 1.82) is 0 Å². The van der Waals surface area contributed by atoms with E-state index in [1.54, 1.807) is 0 Å². The number of carbonyl (C=O) groups is 1. The molecule has 0 radical (unpaired) electrons. The molecule has 7 heteroatoms. The van der Waals surface area contributed by atoms with Gasteiger partial charge in [0.1, 0.15) is 0 Å². The lowest BCUT2D eigenvalue weighted by molar-refractivity contribution is 0.0416. The van der Waals surface area contributed by atoms with Crippen molar-refractivity contribution >= 4 is 5.91 Å². The van der Waals surface area contributed by atoms with Crippen LogP contribution in [0.3, 0.4) is 0 Å². The van der Waals surface area contributed by atoms with Gasteiger partial charge < -0.3 is 15.0 Å². The van der Waals surface area contributed by atoms with Crippen LogP contribution >= 0.6 is 0 Å². The van der Waals surface area contributed by atoms with Crippen LogP contribution in [0.1, 0.15) is 67.9 Å². The number of rotatable bonds is 5. The highest BCUT2D eigenvalue weighted by atomic mass is 16.5. The number of carbonyl (C=O) groups excluding carboxylic acids is 1. The van der Waals surface area contributed by atoms with Gasteiger partial charge in [0, 0.05) is 19.2 Å². The fourth-order valence-electron chi connectivity index (χ4n) is 4.39. The Balaban J connectivity index is 1.47. The van der Waals surface area contributed by atoms with Crippen molar-refractivity contribution < 1.29 is 9.53 Å². The maximum atomic E-state index is 13.2. The van der Waals surface area contributed by atoms with E-state index in [4.69, 9.17) is 4.74 Å². The lowest BCUT2D eigenvalue weighted by atomic mass is 10.1. The normalized spacial score (nSPS) is 25.5. The van der Waals surface area contributed by atoms with Gasteiger partial charge in [0.2, 0.25) is 0 Å². The molecule has 0 bridgehead atoms. The van der Waals surface area contributed by atoms with Crippen molar-refractivity contribution in [2.45, 2.75) is 69.6 Å². The highest BCUT2D eigenvalue weighted by molar-refractivity contribution is 5.92. The first kappa shape index (κ1) is 17.0. The summed E-state index contributed by atoms with van der Waals surface area (Å²) < 4.78 is 7.68. The molecule has 2 aliphatic heterocycles. The van der Waals surface area contributed by atoms with Gasteiger partial charge in [0.25, 0.3) is 5.91 Å². The quantitative estimate of drug-likeness (QED) is 0.879. The smallest absolute Gasteiger partial charge is 0.276 e. The first-order chi connectivity index (χ1) is 12.3. The Bertz CT molecular complexity index is 572. The van der Waals surface area contributed by atoms with E-state index in [0.29, 0.717) is 24.3 Å². The van der Waals surface area contributed by atoms with Crippen LogP contribution in [-0.2, 0) is 4.74 Å². The van der Waals surface area contributed by atoms with Gasteiger partial charge in [-0.1, -0.05) is 18.1 Å². The van der Waals surface area contributed by atoms with E-state index in [0.717, 1.165) is 58.2 Å². The minimum atomic E-state index is 0.0302. The van der Waals surface area contributed by atoms with Crippen molar-refractivity contribution in [1.82, 2.24) is 25.2 Å². The molecule has 3 aliphatic rings. The number of amides is 1. The molecule has 1 unspecified atom stereocenters. The Morgan fingerprint density at radius 3 is 2.72 bits per heavy atom. The molecule has 1 aromatic rings. The van der Waals surface area contributed by atoms with Crippen LogP contribution < -0.4 is 5.32 Å². The van der Waals surface area contributed by atoms with Gasteiger partial charge in [0.15, 0.2) is 5.69 Å². The maximum absolute atomic E-state index is 13.2. The van der Waals surface area contributed by atoms with E-state index in [-0.39, 0.29) is 12.0 Å². The Morgan fingerprint density at radius 1 is 1.20 bits per heavy atom. The summed E-state index contributed by atoms with van der Waals surface area (Å²) in [6.07, 6.45) is 10.9. The Kier molecular flexibility index (Phi) is 5.31. The summed E-state index contributed by atoms with van der Waals surface area (Å²) in [5.41, 5.74) is 0.489. The average molecular weight is 347 g/mol. The molecule has 25 heavy (non-hydrogen) atoms. The minimum absolute atomic E-state index is 0.0302. The summed E-state index contributed by atoms with van der Waals surface area (Å²) in [4.78, 5) is 15.2. The fraction of sp³-hybridized carbons (Fsp3) is 0.833. The summed E-state index contributed by atoms with van der Waals surface area (Å²) >= 11 is 0. The summed E-state index contributed by atoms with van der Waals surface area (Å²) in [6, 6.07) is 0.689. The molecule has 0 aromatic carbocycles. The van der Waals surface area contributed by atoms with Crippen molar-refractivity contribution in [2.75, 3.05) is 26.2 Å². The van der Waals surface area contributed by atoms with E-state index >= 15 is 0 Å². The van der Waals surface area contributed by atoms with Gasteiger partial charge >= 0.3 is 0 Å². The monoisotopic (exact) mass is 347 g/mol. The number of ether oxygens (including phenoxy) is 1. The third-order valence-electron chi connectivity index (χ3n) is 5.86. The van der Waals surface area contributed by atoms with Crippen LogP contribution in [0.2, 0.25) is 0 Å². The van der Waals surface area contributed by atoms with Gasteiger partial charge in [-0.05, 0) is 51.6 Å². The number of hydrogen-bond acceptors (Lipinski definition) is 5. The Labute approximate surface area is 149 Å². The van der Waals surface area contributed by atoms with Crippen molar-refractivity contribution in [3.63, 3.8) is 0 Å². The van der Waals surface area contributed by atoms with Crippen molar-refractivity contribution in [2.24, 2.45) is 0 Å². The SMILES string of the molecule is O=C(c1cn(C2CCNCC2)nn1)N(CC1CCCO1)C1CCCC1. The number of hydrogen-bond donors (Lipinski definition) is 1. The van der Waals surface area contributed by atoms with Gasteiger partial charge in [-0.2, -0.15) is 0 Å². The molecule has 1 atom stereocenters. The first-order valence-electron chi connectivity index (χ1n) is 9.86. The van der Waals surface area contributed by atoms with Crippen LogP contribution in [0, 0.1) is 0 Å². The molecule has 1 saturated carbocycles. The van der Waals surface area contributed by atoms with E-state index in [1.807, 2.05) is 15.8 Å². The number of piperidine rings is 1. The van der Waals surface area contributed by atoms with Gasteiger partial charge in [-0.3, -0.25) is 4.79 Å². The maximum Gasteiger partial charge on any atom is 0.276 e. The molecular weight excluding hydrogens is 318 g/mol. The Hall–Kier alpha value is -1.47. The number of nitrogens with one attached hydrogen (secondary N) is 1. The summed E-state index contributed by atoms with van der Waals surface area (Å²) in [5.74, 6) is 0.0302. The van der Waals surface area contributed by atoms with Crippen molar-refractivity contribution in [3.8, 4) is 0 Å². The second-order valence-corrected chi connectivity index (χ2v) is 7.60. The third kappa shape index (κ3) is 3.87. The van der Waals surface area contributed by atoms with Gasteiger partial charge in [-0.15, -0.1) is 5.10 Å². The molecule has 1 aromatic heterocycles. The predicted octanol–water partition coefficient (Wildman–Crippen LogP) is 1.77. The van der Waals surface area contributed by atoms with Crippen LogP contribution in [0.15, 0.2) is 6.20 Å². The lowest BCUT2D eigenvalue weighted by Crippen LogP contribution is -2.43. The molecule has 0 spiro atoms. The van der Waals surface area contributed by atoms with Gasteiger partial charge in [0.05, 0.1) is 18.3 Å². The molecular formula is C18H29N5O2. The zero-order chi connectivity index (χ0) is 17.1. The van der Waals surface area contributed by atoms with Crippen molar-refractivity contribution in [3.05, 3.63) is 11.9 Å². The van der Waals surface area contributed by atoms with Crippen LogP contribution in [0.4, 0.5) is 0 Å². The standard InChI is InChI=1S/C18H29N5O2/c24-18(17-13-23(21-20-17)15-7-9-19-10-8-15)22(14-4-1-2-5-14)12-16-6-3-11-25-16/h13-16,19H,1-12H2. The molecule has 1 amide bonds. The summed E-state index contributed by atoms with van der Waals surface area (Å²) in [6.45, 7) is 3.52. The van der Waals surface area contributed by atoms with Crippen LogP contribution in [0.25, 0.3) is 0 Å². The van der Waals surface area contributed by atoms with E-state index < -0.39 is 0 Å². The number of nitrogens with zero attached hydrogens (tertiary/aromatic N) is 4. The highest BCUT2D eigenvalue weighted by Gasteiger charge is 2.32. The van der Waals surface area contributed by atoms with Crippen LogP contribution in [0.5, 0.6) is 0 Å². The molecule has 2 saturated heterocycles. The first-order valence-corrected chi connectivity index (χ1v) is 9.86. The minimum Gasteiger partial charge on any atom is -0.376 e. The molecule has 138 valence electrons. The molecule has 1 aliphatic carbocycles. The zero-order valence-corrected chi connectivity index (χ0v) is 14.9. The molecule has 7 nitrogen and oxygen atoms in total. The summed E-state index contributed by atoms with van der Waals surface area (Å²) in [5, 5.41) is 11.8. The second kappa shape index (κ2) is 7.83. The zero-order valence-electron chi connectivity index (χ0n) is 14.9. The molecule has 1 N–H and O–H groups in total. The second-order valence-electron chi connectivity index (χ2n) is 7.60. The van der Waals surface area contributed by atoms with E-state index in [2.05, 4.69) is 15.6 Å². The molecule has 4 rings (SSSR count). The number of aromatic nitrogens is 3. The topological polar surface area (TPSA) is 72.3 Å².